The van der Waals surface area contributed by atoms with Gasteiger partial charge in [0.2, 0.25) is 0 Å². The summed E-state index contributed by atoms with van der Waals surface area (Å²) in [5.74, 6) is 1.11. The highest BCUT2D eigenvalue weighted by Gasteiger charge is 2.27. The molecule has 2 aliphatic heterocycles. The van der Waals surface area contributed by atoms with Crippen molar-refractivity contribution in [3.8, 4) is 0 Å². The van der Waals surface area contributed by atoms with Crippen molar-refractivity contribution in [2.45, 2.75) is 19.3 Å². The van der Waals surface area contributed by atoms with E-state index in [-0.39, 0.29) is 5.92 Å². The molecule has 17 heavy (non-hydrogen) atoms. The predicted molar refractivity (Wildman–Crippen MR) is 65.0 cm³/mol. The molecule has 2 saturated heterocycles. The van der Waals surface area contributed by atoms with E-state index in [1.165, 1.54) is 12.8 Å². The van der Waals surface area contributed by atoms with Gasteiger partial charge in [-0.05, 0) is 25.3 Å². The Bertz CT molecular complexity index is 255. The molecular formula is C13H23NO3. The van der Waals surface area contributed by atoms with Crippen molar-refractivity contribution < 1.29 is 14.3 Å². The lowest BCUT2D eigenvalue weighted by Crippen LogP contribution is -2.43. The Morgan fingerprint density at radius 2 is 2.41 bits per heavy atom. The highest BCUT2D eigenvalue weighted by Crippen LogP contribution is 2.19. The van der Waals surface area contributed by atoms with E-state index in [4.69, 9.17) is 9.47 Å². The first kappa shape index (κ1) is 13.0. The van der Waals surface area contributed by atoms with Gasteiger partial charge >= 0.3 is 0 Å². The minimum Gasteiger partial charge on any atom is -0.384 e. The molecule has 0 spiro atoms. The third-order valence-electron chi connectivity index (χ3n) is 3.75. The molecule has 2 fully saturated rings. The predicted octanol–water partition coefficient (Wildman–Crippen LogP) is 0.950. The second kappa shape index (κ2) is 6.47. The average Bonchev–Trinajstić information content (AvgIpc) is 2.33. The van der Waals surface area contributed by atoms with E-state index in [0.29, 0.717) is 31.3 Å². The van der Waals surface area contributed by atoms with Gasteiger partial charge in [0.1, 0.15) is 5.78 Å². The molecule has 0 radical (unpaired) electrons. The Morgan fingerprint density at radius 1 is 1.53 bits per heavy atom. The van der Waals surface area contributed by atoms with Crippen molar-refractivity contribution in [3.05, 3.63) is 0 Å². The molecule has 0 bridgehead atoms. The minimum absolute atomic E-state index is 0.102. The lowest BCUT2D eigenvalue weighted by Gasteiger charge is -2.35. The fourth-order valence-corrected chi connectivity index (χ4v) is 2.85. The van der Waals surface area contributed by atoms with Gasteiger partial charge in [0, 0.05) is 26.6 Å². The monoisotopic (exact) mass is 241 g/mol. The zero-order chi connectivity index (χ0) is 12.1. The fraction of sp³-hybridized carbons (Fsp3) is 0.923. The summed E-state index contributed by atoms with van der Waals surface area (Å²) >= 11 is 0. The number of hydrogen-bond donors (Lipinski definition) is 0. The lowest BCUT2D eigenvalue weighted by atomic mass is 9.95. The molecule has 2 unspecified atom stereocenters. The van der Waals surface area contributed by atoms with E-state index >= 15 is 0 Å². The smallest absolute Gasteiger partial charge is 0.141 e. The summed E-state index contributed by atoms with van der Waals surface area (Å²) in [7, 11) is 1.76. The van der Waals surface area contributed by atoms with Gasteiger partial charge in [-0.3, -0.25) is 4.79 Å². The van der Waals surface area contributed by atoms with Crippen LogP contribution in [0.1, 0.15) is 19.3 Å². The highest BCUT2D eigenvalue weighted by atomic mass is 16.5. The Hall–Kier alpha value is -0.450. The van der Waals surface area contributed by atoms with Gasteiger partial charge in [0.05, 0.1) is 25.7 Å². The number of nitrogens with zero attached hydrogens (tertiary/aromatic N) is 1. The zero-order valence-electron chi connectivity index (χ0n) is 10.7. The molecule has 0 aliphatic carbocycles. The van der Waals surface area contributed by atoms with E-state index in [2.05, 4.69) is 4.90 Å². The highest BCUT2D eigenvalue weighted by molar-refractivity contribution is 5.82. The van der Waals surface area contributed by atoms with Crippen LogP contribution in [0.15, 0.2) is 0 Å². The molecule has 2 atom stereocenters. The third-order valence-corrected chi connectivity index (χ3v) is 3.75. The lowest BCUT2D eigenvalue weighted by molar-refractivity contribution is -0.131. The summed E-state index contributed by atoms with van der Waals surface area (Å²) in [4.78, 5) is 14.2. The van der Waals surface area contributed by atoms with Crippen molar-refractivity contribution >= 4 is 5.78 Å². The molecule has 2 rings (SSSR count). The molecule has 2 heterocycles. The topological polar surface area (TPSA) is 38.8 Å². The standard InChI is InChI=1S/C13H23NO3/c1-16-9-11-3-2-5-14(7-11)8-12-10-17-6-4-13(12)15/h11-12H,2-10H2,1H3. The maximum atomic E-state index is 11.7. The van der Waals surface area contributed by atoms with Gasteiger partial charge in [-0.25, -0.2) is 0 Å². The van der Waals surface area contributed by atoms with E-state index in [1.54, 1.807) is 7.11 Å². The quantitative estimate of drug-likeness (QED) is 0.734. The molecule has 0 aromatic carbocycles. The number of Topliss-reactive ketones (excluding diaryl/α,β-unsaturated/α-hetero) is 1. The molecule has 0 saturated carbocycles. The van der Waals surface area contributed by atoms with E-state index < -0.39 is 0 Å². The maximum Gasteiger partial charge on any atom is 0.141 e. The Labute approximate surface area is 103 Å². The van der Waals surface area contributed by atoms with Gasteiger partial charge in [0.25, 0.3) is 0 Å². The normalized spacial score (nSPS) is 31.7. The zero-order valence-corrected chi connectivity index (χ0v) is 10.7. The first-order chi connectivity index (χ1) is 8.29. The Kier molecular flexibility index (Phi) is 4.95. The molecule has 4 heteroatoms. The number of likely N-dealkylation sites (tertiary alicyclic amines) is 1. The van der Waals surface area contributed by atoms with Crippen LogP contribution in [0.4, 0.5) is 0 Å². The number of rotatable bonds is 4. The van der Waals surface area contributed by atoms with Crippen LogP contribution in [-0.4, -0.2) is 57.2 Å². The number of methoxy groups -OCH3 is 1. The van der Waals surface area contributed by atoms with Gasteiger partial charge in [0.15, 0.2) is 0 Å². The molecule has 0 aromatic heterocycles. The van der Waals surface area contributed by atoms with Crippen LogP contribution in [0.25, 0.3) is 0 Å². The maximum absolute atomic E-state index is 11.7. The average molecular weight is 241 g/mol. The largest absolute Gasteiger partial charge is 0.384 e. The van der Waals surface area contributed by atoms with E-state index in [0.717, 1.165) is 26.2 Å². The van der Waals surface area contributed by atoms with Crippen LogP contribution < -0.4 is 0 Å². The second-order valence-electron chi connectivity index (χ2n) is 5.21. The number of ether oxygens (including phenoxy) is 2. The van der Waals surface area contributed by atoms with Crippen molar-refractivity contribution in [3.63, 3.8) is 0 Å². The first-order valence-electron chi connectivity index (χ1n) is 6.61. The van der Waals surface area contributed by atoms with Crippen molar-refractivity contribution in [1.82, 2.24) is 4.90 Å². The SMILES string of the molecule is COCC1CCCN(CC2COCCC2=O)C1. The number of carbonyl (C=O) groups excluding carboxylic acids is 1. The Balaban J connectivity index is 1.79. The van der Waals surface area contributed by atoms with Gasteiger partial charge in [-0.15, -0.1) is 0 Å². The molecule has 0 amide bonds. The van der Waals surface area contributed by atoms with Crippen LogP contribution >= 0.6 is 0 Å². The summed E-state index contributed by atoms with van der Waals surface area (Å²) in [6.45, 7) is 5.12. The summed E-state index contributed by atoms with van der Waals surface area (Å²) in [6, 6.07) is 0. The van der Waals surface area contributed by atoms with Crippen molar-refractivity contribution in [2.75, 3.05) is 46.6 Å². The van der Waals surface area contributed by atoms with E-state index in [1.807, 2.05) is 0 Å². The van der Waals surface area contributed by atoms with Crippen molar-refractivity contribution in [2.24, 2.45) is 11.8 Å². The molecular weight excluding hydrogens is 218 g/mol. The molecule has 2 aliphatic rings. The van der Waals surface area contributed by atoms with Crippen LogP contribution in [0, 0.1) is 11.8 Å². The molecule has 0 aromatic rings. The summed E-state index contributed by atoms with van der Waals surface area (Å²) in [5, 5.41) is 0. The number of hydrogen-bond acceptors (Lipinski definition) is 4. The van der Waals surface area contributed by atoms with Crippen molar-refractivity contribution in [1.29, 1.82) is 0 Å². The van der Waals surface area contributed by atoms with Crippen LogP contribution in [-0.2, 0) is 14.3 Å². The molecule has 0 N–H and O–H groups in total. The Morgan fingerprint density at radius 3 is 3.18 bits per heavy atom. The van der Waals surface area contributed by atoms with Gasteiger partial charge in [-0.1, -0.05) is 0 Å². The first-order valence-corrected chi connectivity index (χ1v) is 6.61. The second-order valence-corrected chi connectivity index (χ2v) is 5.21. The van der Waals surface area contributed by atoms with Crippen LogP contribution in [0.5, 0.6) is 0 Å². The van der Waals surface area contributed by atoms with Gasteiger partial charge < -0.3 is 14.4 Å². The van der Waals surface area contributed by atoms with E-state index in [9.17, 15) is 4.79 Å². The number of carbonyl (C=O) groups is 1. The summed E-state index contributed by atoms with van der Waals surface area (Å²) in [5.41, 5.74) is 0. The number of piperidine rings is 1. The number of ketones is 1. The molecule has 4 nitrogen and oxygen atoms in total. The molecule has 98 valence electrons. The van der Waals surface area contributed by atoms with Crippen LogP contribution in [0.2, 0.25) is 0 Å². The fourth-order valence-electron chi connectivity index (χ4n) is 2.85. The van der Waals surface area contributed by atoms with Crippen LogP contribution in [0.3, 0.4) is 0 Å². The summed E-state index contributed by atoms with van der Waals surface area (Å²) < 4.78 is 10.6. The van der Waals surface area contributed by atoms with Gasteiger partial charge in [-0.2, -0.15) is 0 Å². The summed E-state index contributed by atoms with van der Waals surface area (Å²) in [6.07, 6.45) is 3.06. The minimum atomic E-state index is 0.102. The third kappa shape index (κ3) is 3.76.